The Kier molecular flexibility index (Phi) is 5.24. The Morgan fingerprint density at radius 3 is 0.571 bits per heavy atom. The molecule has 15 heteroatoms. The van der Waals surface area contributed by atoms with Crippen molar-refractivity contribution in [3.05, 3.63) is 0 Å². The zero-order valence-electron chi connectivity index (χ0n) is 9.00. The summed E-state index contributed by atoms with van der Waals surface area (Å²) in [5, 5.41) is 0. The van der Waals surface area contributed by atoms with Crippen LogP contribution in [0.2, 0.25) is 0 Å². The molecule has 0 aliphatic heterocycles. The van der Waals surface area contributed by atoms with Crippen LogP contribution in [-0.4, -0.2) is 31.1 Å². The summed E-state index contributed by atoms with van der Waals surface area (Å²) in [7, 11) is 0. The fourth-order valence-corrected chi connectivity index (χ4v) is 6.78. The van der Waals surface area contributed by atoms with Gasteiger partial charge in [-0.05, 0) is 0 Å². The molecule has 21 heavy (non-hydrogen) atoms. The Morgan fingerprint density at radius 2 is 0.476 bits per heavy atom. The molecule has 0 bridgehead atoms. The van der Waals surface area contributed by atoms with Crippen LogP contribution in [0.5, 0.6) is 0 Å². The molecule has 124 valence electrons. The number of halogens is 14. The summed E-state index contributed by atoms with van der Waals surface area (Å²) in [4.78, 5) is 0. The molecule has 0 amide bonds. The first-order valence-electron chi connectivity index (χ1n) is 4.35. The van der Waals surface area contributed by atoms with Crippen LogP contribution >= 0.6 is 0 Å². The van der Waals surface area contributed by atoms with Gasteiger partial charge in [0, 0.05) is 0 Å². The van der Waals surface area contributed by atoms with Gasteiger partial charge in [0.05, 0.1) is 0 Å². The minimum absolute atomic E-state index is 6.82. The standard InChI is InChI=1S/2C3F7.Hg/c2*4-1(2(5,6)7)3(8,9)10;. The number of rotatable bonds is 2. The monoisotopic (exact) mass is 540 g/mol. The van der Waals surface area contributed by atoms with E-state index in [0.29, 0.717) is 0 Å². The maximum atomic E-state index is 13.0. The van der Waals surface area contributed by atoms with E-state index in [-0.39, 0.29) is 0 Å². The Hall–Kier alpha value is -0.0449. The van der Waals surface area contributed by atoms with E-state index in [1.165, 1.54) is 0 Å². The van der Waals surface area contributed by atoms with Crippen LogP contribution in [0.15, 0.2) is 0 Å². The van der Waals surface area contributed by atoms with Gasteiger partial charge >= 0.3 is 117 Å². The van der Waals surface area contributed by atoms with Crippen LogP contribution in [0.25, 0.3) is 0 Å². The molecule has 0 aromatic carbocycles. The minimum atomic E-state index is -7.18. The predicted octanol–water partition coefficient (Wildman–Crippen LogP) is 4.65. The van der Waals surface area contributed by atoms with Gasteiger partial charge in [0.25, 0.3) is 0 Å². The summed E-state index contributed by atoms with van der Waals surface area (Å²) in [5.41, 5.74) is 0. The molecule has 0 nitrogen and oxygen atoms in total. The van der Waals surface area contributed by atoms with Crippen molar-refractivity contribution in [3.8, 4) is 0 Å². The fourth-order valence-electron chi connectivity index (χ4n) is 1.06. The van der Waals surface area contributed by atoms with E-state index >= 15 is 0 Å². The van der Waals surface area contributed by atoms with Crippen molar-refractivity contribution >= 4 is 0 Å². The predicted molar refractivity (Wildman–Crippen MR) is 31.9 cm³/mol. The van der Waals surface area contributed by atoms with Gasteiger partial charge in [0.1, 0.15) is 0 Å². The van der Waals surface area contributed by atoms with Crippen molar-refractivity contribution in [2.24, 2.45) is 0 Å². The summed E-state index contributed by atoms with van der Waals surface area (Å²) in [6.07, 6.45) is -28.6. The van der Waals surface area contributed by atoms with Crippen LogP contribution in [0, 0.1) is 0 Å². The normalized spacial score (nSPS) is 15.9. The fraction of sp³-hybridized carbons (Fsp3) is 1.00. The van der Waals surface area contributed by atoms with Crippen LogP contribution in [0.3, 0.4) is 0 Å². The second-order valence-corrected chi connectivity index (χ2v) is 12.7. The molecule has 0 aliphatic carbocycles. The third-order valence-corrected chi connectivity index (χ3v) is 12.3. The quantitative estimate of drug-likeness (QED) is 0.355. The molecule has 0 radical (unpaired) electrons. The first kappa shape index (κ1) is 21.0. The Morgan fingerprint density at radius 1 is 0.333 bits per heavy atom. The molecule has 0 aromatic heterocycles. The Labute approximate surface area is 117 Å². The average Bonchev–Trinajstić information content (AvgIpc) is 2.09. The van der Waals surface area contributed by atoms with Crippen molar-refractivity contribution < 1.29 is 86.0 Å². The molecule has 0 atom stereocenters. The molecule has 0 aromatic rings. The van der Waals surface area contributed by atoms with Gasteiger partial charge < -0.3 is 0 Å². The summed E-state index contributed by atoms with van der Waals surface area (Å²) in [5.74, 6) is 0. The van der Waals surface area contributed by atoms with Gasteiger partial charge in [-0.3, -0.25) is 0 Å². The van der Waals surface area contributed by atoms with Gasteiger partial charge in [-0.15, -0.1) is 0 Å². The zero-order valence-corrected chi connectivity index (χ0v) is 14.5. The van der Waals surface area contributed by atoms with Gasteiger partial charge in [0.2, 0.25) is 0 Å². The van der Waals surface area contributed by atoms with E-state index < -0.39 is 55.6 Å². The molecular formula is C6F14Hg. The Bertz CT molecular complexity index is 303. The van der Waals surface area contributed by atoms with E-state index in [4.69, 9.17) is 0 Å². The van der Waals surface area contributed by atoms with Crippen molar-refractivity contribution in [2.75, 3.05) is 0 Å². The molecular weight excluding hydrogens is 539 g/mol. The topological polar surface area (TPSA) is 0 Å². The molecule has 0 unspecified atom stereocenters. The molecule has 0 aliphatic rings. The number of hydrogen-bond acceptors (Lipinski definition) is 0. The summed E-state index contributed by atoms with van der Waals surface area (Å²) < 4.78 is 156. The van der Waals surface area contributed by atoms with Crippen LogP contribution < -0.4 is 0 Å². The van der Waals surface area contributed by atoms with Crippen LogP contribution in [0.4, 0.5) is 61.5 Å². The van der Waals surface area contributed by atoms with Gasteiger partial charge in [0.15, 0.2) is 0 Å². The molecule has 0 spiro atoms. The summed E-state index contributed by atoms with van der Waals surface area (Å²) >= 11 is -7.18. The van der Waals surface area contributed by atoms with E-state index in [1.54, 1.807) is 0 Å². The Balaban J connectivity index is 6.15. The zero-order chi connectivity index (χ0) is 17.7. The molecule has 0 N–H and O–H groups in total. The third kappa shape index (κ3) is 3.65. The van der Waals surface area contributed by atoms with Crippen molar-refractivity contribution in [1.82, 2.24) is 0 Å². The molecule has 0 rings (SSSR count). The molecule has 0 fully saturated rings. The van der Waals surface area contributed by atoms with E-state index in [0.717, 1.165) is 0 Å². The molecule has 0 saturated carbocycles. The molecule has 0 heterocycles. The van der Waals surface area contributed by atoms with E-state index in [1.807, 2.05) is 0 Å². The third-order valence-electron chi connectivity index (χ3n) is 2.28. The van der Waals surface area contributed by atoms with Crippen molar-refractivity contribution in [3.63, 3.8) is 0 Å². The number of hydrogen-bond donors (Lipinski definition) is 0. The average molecular weight is 539 g/mol. The van der Waals surface area contributed by atoms with Crippen molar-refractivity contribution in [1.29, 1.82) is 0 Å². The van der Waals surface area contributed by atoms with Crippen LogP contribution in [0.1, 0.15) is 0 Å². The molecule has 0 saturated heterocycles. The van der Waals surface area contributed by atoms with Crippen LogP contribution in [-0.2, 0) is 24.6 Å². The number of alkyl halides is 14. The van der Waals surface area contributed by atoms with Crippen molar-refractivity contribution in [2.45, 2.75) is 31.1 Å². The van der Waals surface area contributed by atoms with E-state index in [2.05, 4.69) is 0 Å². The maximum absolute atomic E-state index is 13.0. The second kappa shape index (κ2) is 5.25. The summed E-state index contributed by atoms with van der Waals surface area (Å²) in [6.45, 7) is 0. The summed E-state index contributed by atoms with van der Waals surface area (Å²) in [6, 6.07) is 0. The SMILES string of the molecule is FC(F)(F)[C](F)([Hg][C](F)(C(F)(F)F)C(F)(F)F)C(F)(F)F. The van der Waals surface area contributed by atoms with Gasteiger partial charge in [-0.2, -0.15) is 0 Å². The first-order chi connectivity index (χ1) is 8.71. The second-order valence-electron chi connectivity index (χ2n) is 3.77. The van der Waals surface area contributed by atoms with Gasteiger partial charge in [-0.25, -0.2) is 0 Å². The first-order valence-corrected chi connectivity index (χ1v) is 9.85. The van der Waals surface area contributed by atoms with E-state index in [9.17, 15) is 61.5 Å². The van der Waals surface area contributed by atoms with Gasteiger partial charge in [-0.1, -0.05) is 0 Å².